The normalized spacial score (nSPS) is 15.8. The molecule has 1 aliphatic heterocycles. The van der Waals surface area contributed by atoms with Gasteiger partial charge in [0, 0.05) is 28.7 Å². The Morgan fingerprint density at radius 1 is 0.585 bits per heavy atom. The van der Waals surface area contributed by atoms with E-state index >= 15 is 0 Å². The molecule has 3 rings (SSSR count). The van der Waals surface area contributed by atoms with Gasteiger partial charge in [-0.15, -0.1) is 0 Å². The Labute approximate surface area is 253 Å². The summed E-state index contributed by atoms with van der Waals surface area (Å²) in [6, 6.07) is 9.27. The van der Waals surface area contributed by atoms with Crippen molar-refractivity contribution in [2.24, 2.45) is 0 Å². The molecule has 0 saturated carbocycles. The Kier molecular flexibility index (Phi) is 10.1. The van der Waals surface area contributed by atoms with E-state index in [0.717, 1.165) is 46.6 Å². The molecule has 0 atom stereocenters. The van der Waals surface area contributed by atoms with Crippen molar-refractivity contribution in [1.82, 2.24) is 0 Å². The predicted octanol–water partition coefficient (Wildman–Crippen LogP) is 11.4. The van der Waals surface area contributed by atoms with E-state index < -0.39 is 7.94 Å². The standard InChI is InChI=1S/C37H60O3P/c1-14-15-16-17-18-19-20-41(38)39-32-26(22-28(34(2,3)4)24-30(32)36(8,9)10)21-27-23-29(35(5,6)7)25-31(33(27)40-41)37(11,12)13/h22-25,38H,14-21H2,1-13H3/q+1. The molecule has 2 aromatic carbocycles. The van der Waals surface area contributed by atoms with Gasteiger partial charge in [0.25, 0.3) is 0 Å². The van der Waals surface area contributed by atoms with Crippen molar-refractivity contribution in [2.75, 3.05) is 6.16 Å². The third-order valence-corrected chi connectivity index (χ3v) is 10.1. The van der Waals surface area contributed by atoms with Crippen LogP contribution in [0.25, 0.3) is 0 Å². The van der Waals surface area contributed by atoms with Gasteiger partial charge in [-0.2, -0.15) is 4.89 Å². The van der Waals surface area contributed by atoms with E-state index in [1.807, 2.05) is 0 Å². The fourth-order valence-corrected chi connectivity index (χ4v) is 7.37. The smallest absolute Gasteiger partial charge is 0.277 e. The van der Waals surface area contributed by atoms with Crippen LogP contribution in [-0.4, -0.2) is 11.1 Å². The van der Waals surface area contributed by atoms with Crippen LogP contribution >= 0.6 is 7.94 Å². The van der Waals surface area contributed by atoms with Crippen LogP contribution in [0.1, 0.15) is 162 Å². The SMILES string of the molecule is CCCCCCCC[P+]1(O)Oc2c(cc(C(C)(C)C)cc2C(C)(C)C)Cc2cc(C(C)(C)C)cc(C(C)(C)C)c2O1. The Bertz CT molecular complexity index is 1120. The summed E-state index contributed by atoms with van der Waals surface area (Å²) in [6.07, 6.45) is 8.15. The van der Waals surface area contributed by atoms with E-state index in [-0.39, 0.29) is 21.7 Å². The lowest BCUT2D eigenvalue weighted by Crippen LogP contribution is -2.25. The van der Waals surface area contributed by atoms with Crippen molar-refractivity contribution in [3.05, 3.63) is 57.6 Å². The average molecular weight is 584 g/mol. The van der Waals surface area contributed by atoms with Crippen LogP contribution in [-0.2, 0) is 28.1 Å². The van der Waals surface area contributed by atoms with Gasteiger partial charge in [-0.25, -0.2) is 0 Å². The zero-order valence-corrected chi connectivity index (χ0v) is 29.6. The summed E-state index contributed by atoms with van der Waals surface area (Å²) in [5.74, 6) is 1.66. The number of fused-ring (bicyclic) bond motifs is 2. The summed E-state index contributed by atoms with van der Waals surface area (Å²) in [6.45, 7) is 29.4. The Balaban J connectivity index is 2.29. The summed E-state index contributed by atoms with van der Waals surface area (Å²) in [5, 5.41) is 0. The number of hydrogen-bond acceptors (Lipinski definition) is 3. The molecule has 0 saturated heterocycles. The fraction of sp³-hybridized carbons (Fsp3) is 0.676. The molecule has 0 spiro atoms. The monoisotopic (exact) mass is 583 g/mol. The second-order valence-corrected chi connectivity index (χ2v) is 18.6. The Hall–Kier alpha value is -1.57. The third kappa shape index (κ3) is 8.51. The first-order valence-corrected chi connectivity index (χ1v) is 17.8. The van der Waals surface area contributed by atoms with Gasteiger partial charge in [0.05, 0.1) is 0 Å². The van der Waals surface area contributed by atoms with Crippen molar-refractivity contribution < 1.29 is 13.9 Å². The maximum Gasteiger partial charge on any atom is 0.495 e. The lowest BCUT2D eigenvalue weighted by molar-refractivity contribution is 0.329. The molecule has 3 nitrogen and oxygen atoms in total. The molecule has 1 aliphatic rings. The first-order valence-electron chi connectivity index (χ1n) is 16.0. The minimum atomic E-state index is -3.26. The molecule has 0 unspecified atom stereocenters. The highest BCUT2D eigenvalue weighted by atomic mass is 31.2. The van der Waals surface area contributed by atoms with Crippen LogP contribution in [0.15, 0.2) is 24.3 Å². The molecular formula is C37H60O3P+. The van der Waals surface area contributed by atoms with Crippen LogP contribution in [0.5, 0.6) is 11.5 Å². The van der Waals surface area contributed by atoms with Crippen LogP contribution in [0.4, 0.5) is 0 Å². The molecule has 4 heteroatoms. The highest BCUT2D eigenvalue weighted by Gasteiger charge is 2.48. The molecule has 230 valence electrons. The average Bonchev–Trinajstić information content (AvgIpc) is 2.79. The van der Waals surface area contributed by atoms with Gasteiger partial charge >= 0.3 is 7.94 Å². The molecule has 1 heterocycles. The maximum atomic E-state index is 12.4. The molecule has 0 radical (unpaired) electrons. The molecule has 2 aromatic rings. The Morgan fingerprint density at radius 2 is 0.976 bits per heavy atom. The molecular weight excluding hydrogens is 523 g/mol. The molecule has 0 amide bonds. The lowest BCUT2D eigenvalue weighted by Gasteiger charge is -2.33. The van der Waals surface area contributed by atoms with Crippen LogP contribution in [0, 0.1) is 0 Å². The van der Waals surface area contributed by atoms with Gasteiger partial charge in [0.15, 0.2) is 17.7 Å². The van der Waals surface area contributed by atoms with Crippen molar-refractivity contribution in [3.8, 4) is 11.5 Å². The predicted molar refractivity (Wildman–Crippen MR) is 179 cm³/mol. The first kappa shape index (κ1) is 33.9. The number of benzene rings is 2. The number of unbranched alkanes of at least 4 members (excludes halogenated alkanes) is 5. The topological polar surface area (TPSA) is 38.7 Å². The summed E-state index contributed by atoms with van der Waals surface area (Å²) in [4.78, 5) is 12.4. The maximum absolute atomic E-state index is 12.4. The molecule has 1 N–H and O–H groups in total. The first-order chi connectivity index (χ1) is 18.7. The van der Waals surface area contributed by atoms with Crippen molar-refractivity contribution >= 4 is 7.94 Å². The van der Waals surface area contributed by atoms with E-state index in [1.165, 1.54) is 36.8 Å². The minimum Gasteiger partial charge on any atom is -0.277 e. The van der Waals surface area contributed by atoms with Gasteiger partial charge in [-0.1, -0.05) is 140 Å². The van der Waals surface area contributed by atoms with E-state index in [2.05, 4.69) is 114 Å². The van der Waals surface area contributed by atoms with Crippen molar-refractivity contribution in [2.45, 2.75) is 157 Å². The highest BCUT2D eigenvalue weighted by molar-refractivity contribution is 7.61. The number of rotatable bonds is 7. The van der Waals surface area contributed by atoms with Crippen molar-refractivity contribution in [3.63, 3.8) is 0 Å². The summed E-state index contributed by atoms with van der Waals surface area (Å²) in [5.41, 5.74) is 6.88. The van der Waals surface area contributed by atoms with E-state index in [4.69, 9.17) is 9.05 Å². The zero-order chi connectivity index (χ0) is 31.0. The second kappa shape index (κ2) is 12.2. The second-order valence-electron chi connectivity index (χ2n) is 16.5. The fourth-order valence-electron chi connectivity index (χ4n) is 5.53. The zero-order valence-electron chi connectivity index (χ0n) is 28.7. The highest BCUT2D eigenvalue weighted by Crippen LogP contribution is 2.62. The van der Waals surface area contributed by atoms with E-state index in [9.17, 15) is 4.89 Å². The molecule has 0 bridgehead atoms. The quantitative estimate of drug-likeness (QED) is 0.260. The van der Waals surface area contributed by atoms with Gasteiger partial charge in [0.2, 0.25) is 0 Å². The van der Waals surface area contributed by atoms with Crippen molar-refractivity contribution in [1.29, 1.82) is 0 Å². The lowest BCUT2D eigenvalue weighted by atomic mass is 9.76. The summed E-state index contributed by atoms with van der Waals surface area (Å²) in [7, 11) is -3.26. The molecule has 41 heavy (non-hydrogen) atoms. The summed E-state index contributed by atoms with van der Waals surface area (Å²) < 4.78 is 13.7. The van der Waals surface area contributed by atoms with E-state index in [0.29, 0.717) is 12.6 Å². The Morgan fingerprint density at radius 3 is 1.34 bits per heavy atom. The molecule has 0 aliphatic carbocycles. The van der Waals surface area contributed by atoms with Crippen LogP contribution in [0.2, 0.25) is 0 Å². The van der Waals surface area contributed by atoms with Crippen LogP contribution in [0.3, 0.4) is 0 Å². The van der Waals surface area contributed by atoms with Gasteiger partial charge in [0.1, 0.15) is 0 Å². The third-order valence-electron chi connectivity index (χ3n) is 8.32. The molecule has 0 fully saturated rings. The number of hydrogen-bond donors (Lipinski definition) is 1. The van der Waals surface area contributed by atoms with Gasteiger partial charge in [-0.3, -0.25) is 9.05 Å². The van der Waals surface area contributed by atoms with E-state index in [1.54, 1.807) is 0 Å². The largest absolute Gasteiger partial charge is 0.495 e. The summed E-state index contributed by atoms with van der Waals surface area (Å²) >= 11 is 0. The minimum absolute atomic E-state index is 0.00943. The molecule has 0 aromatic heterocycles. The van der Waals surface area contributed by atoms with Crippen LogP contribution < -0.4 is 9.05 Å². The van der Waals surface area contributed by atoms with Gasteiger partial charge in [-0.05, 0) is 45.6 Å². The van der Waals surface area contributed by atoms with Gasteiger partial charge < -0.3 is 0 Å².